The summed E-state index contributed by atoms with van der Waals surface area (Å²) < 4.78 is 37.2. The van der Waals surface area contributed by atoms with Crippen LogP contribution in [0.15, 0.2) is 41.8 Å². The molecule has 2 aromatic rings. The summed E-state index contributed by atoms with van der Waals surface area (Å²) in [6.07, 6.45) is -3.42. The van der Waals surface area contributed by atoms with Gasteiger partial charge in [0.05, 0.1) is 5.56 Å². The molecule has 1 N–H and O–H groups in total. The molecule has 102 valence electrons. The van der Waals surface area contributed by atoms with Gasteiger partial charge in [0.15, 0.2) is 0 Å². The fourth-order valence-corrected chi connectivity index (χ4v) is 2.66. The van der Waals surface area contributed by atoms with Crippen LogP contribution in [0.2, 0.25) is 0 Å². The maximum absolute atomic E-state index is 12.4. The van der Waals surface area contributed by atoms with Gasteiger partial charge in [-0.15, -0.1) is 11.3 Å². The van der Waals surface area contributed by atoms with Gasteiger partial charge in [-0.05, 0) is 42.6 Å². The van der Waals surface area contributed by atoms with E-state index in [0.717, 1.165) is 18.6 Å². The van der Waals surface area contributed by atoms with Gasteiger partial charge >= 0.3 is 6.18 Å². The smallest absolute Gasteiger partial charge is 0.382 e. The first-order valence-electron chi connectivity index (χ1n) is 5.91. The average molecular weight is 285 g/mol. The minimum absolute atomic E-state index is 0.176. The third-order valence-electron chi connectivity index (χ3n) is 2.71. The molecule has 1 unspecified atom stereocenters. The molecule has 0 amide bonds. The van der Waals surface area contributed by atoms with E-state index in [1.807, 2.05) is 18.4 Å². The van der Waals surface area contributed by atoms with Gasteiger partial charge in [-0.2, -0.15) is 13.2 Å². The van der Waals surface area contributed by atoms with Crippen LogP contribution in [-0.4, -0.2) is 6.04 Å². The van der Waals surface area contributed by atoms with E-state index in [0.29, 0.717) is 5.69 Å². The van der Waals surface area contributed by atoms with Crippen molar-refractivity contribution >= 4 is 17.0 Å². The molecule has 0 aliphatic heterocycles. The van der Waals surface area contributed by atoms with E-state index in [2.05, 4.69) is 11.4 Å². The van der Waals surface area contributed by atoms with E-state index in [1.165, 1.54) is 17.0 Å². The highest BCUT2D eigenvalue weighted by Gasteiger charge is 2.29. The monoisotopic (exact) mass is 285 g/mol. The van der Waals surface area contributed by atoms with Crippen LogP contribution in [0.1, 0.15) is 17.4 Å². The van der Waals surface area contributed by atoms with Crippen LogP contribution in [0.4, 0.5) is 18.9 Å². The molecule has 1 heterocycles. The predicted octanol–water partition coefficient (Wildman–Crippen LogP) is 4.81. The van der Waals surface area contributed by atoms with Crippen LogP contribution in [0, 0.1) is 0 Å². The number of hydrogen-bond acceptors (Lipinski definition) is 2. The van der Waals surface area contributed by atoms with Gasteiger partial charge in [0.1, 0.15) is 0 Å². The summed E-state index contributed by atoms with van der Waals surface area (Å²) in [5.41, 5.74) is 0.0843. The standard InChI is InChI=1S/C14H14F3NS/c1-10(9-13-3-2-8-19-13)18-12-6-4-11(5-7-12)14(15,16)17/h2-8,10,18H,9H2,1H3. The maximum atomic E-state index is 12.4. The molecular weight excluding hydrogens is 271 g/mol. The quantitative estimate of drug-likeness (QED) is 0.850. The van der Waals surface area contributed by atoms with Crippen LogP contribution in [0.25, 0.3) is 0 Å². The second kappa shape index (κ2) is 5.65. The average Bonchev–Trinajstić information content (AvgIpc) is 2.81. The normalized spacial score (nSPS) is 13.3. The van der Waals surface area contributed by atoms with Gasteiger partial charge < -0.3 is 5.32 Å². The van der Waals surface area contributed by atoms with Gasteiger partial charge in [-0.25, -0.2) is 0 Å². The molecular formula is C14H14F3NS. The summed E-state index contributed by atoms with van der Waals surface area (Å²) >= 11 is 1.68. The molecule has 0 radical (unpaired) electrons. The Hall–Kier alpha value is -1.49. The molecule has 0 bridgehead atoms. The molecule has 1 aromatic heterocycles. The van der Waals surface area contributed by atoms with E-state index in [1.54, 1.807) is 11.3 Å². The van der Waals surface area contributed by atoms with E-state index < -0.39 is 11.7 Å². The summed E-state index contributed by atoms with van der Waals surface area (Å²) in [6.45, 7) is 2.01. The fourth-order valence-electron chi connectivity index (χ4n) is 1.82. The van der Waals surface area contributed by atoms with Gasteiger partial charge in [0.2, 0.25) is 0 Å². The van der Waals surface area contributed by atoms with Crippen LogP contribution in [0.3, 0.4) is 0 Å². The van der Waals surface area contributed by atoms with Gasteiger partial charge in [0.25, 0.3) is 0 Å². The molecule has 19 heavy (non-hydrogen) atoms. The second-order valence-corrected chi connectivity index (χ2v) is 5.44. The Labute approximate surface area is 114 Å². The van der Waals surface area contributed by atoms with E-state index in [-0.39, 0.29) is 6.04 Å². The Morgan fingerprint density at radius 1 is 1.16 bits per heavy atom. The molecule has 1 nitrogen and oxygen atoms in total. The zero-order chi connectivity index (χ0) is 13.9. The van der Waals surface area contributed by atoms with Crippen molar-refractivity contribution in [2.75, 3.05) is 5.32 Å². The first kappa shape index (κ1) is 13.9. The van der Waals surface area contributed by atoms with Crippen molar-refractivity contribution in [2.45, 2.75) is 25.6 Å². The van der Waals surface area contributed by atoms with Crippen molar-refractivity contribution in [3.05, 3.63) is 52.2 Å². The Kier molecular flexibility index (Phi) is 4.14. The lowest BCUT2D eigenvalue weighted by Crippen LogP contribution is -2.17. The van der Waals surface area contributed by atoms with Crippen molar-refractivity contribution in [3.63, 3.8) is 0 Å². The molecule has 1 aromatic carbocycles. The molecule has 1 atom stereocenters. The molecule has 5 heteroatoms. The lowest BCUT2D eigenvalue weighted by atomic mass is 10.1. The summed E-state index contributed by atoms with van der Waals surface area (Å²) in [6, 6.07) is 9.35. The van der Waals surface area contributed by atoms with Gasteiger partial charge in [-0.3, -0.25) is 0 Å². The SMILES string of the molecule is CC(Cc1cccs1)Nc1ccc(C(F)(F)F)cc1. The Bertz CT molecular complexity index is 502. The summed E-state index contributed by atoms with van der Waals surface area (Å²) in [4.78, 5) is 1.26. The Morgan fingerprint density at radius 3 is 2.37 bits per heavy atom. The second-order valence-electron chi connectivity index (χ2n) is 4.40. The maximum Gasteiger partial charge on any atom is 0.416 e. The highest BCUT2D eigenvalue weighted by Crippen LogP contribution is 2.30. The Morgan fingerprint density at radius 2 is 1.84 bits per heavy atom. The minimum Gasteiger partial charge on any atom is -0.382 e. The zero-order valence-corrected chi connectivity index (χ0v) is 11.2. The number of alkyl halides is 3. The number of rotatable bonds is 4. The third kappa shape index (κ3) is 3.99. The molecule has 0 fully saturated rings. The predicted molar refractivity (Wildman–Crippen MR) is 72.6 cm³/mol. The van der Waals surface area contributed by atoms with E-state index in [4.69, 9.17) is 0 Å². The summed E-state index contributed by atoms with van der Waals surface area (Å²) in [7, 11) is 0. The molecule has 0 aliphatic rings. The topological polar surface area (TPSA) is 12.0 Å². The van der Waals surface area contributed by atoms with Gasteiger partial charge in [-0.1, -0.05) is 6.07 Å². The van der Waals surface area contributed by atoms with Crippen molar-refractivity contribution < 1.29 is 13.2 Å². The molecule has 2 rings (SSSR count). The van der Waals surface area contributed by atoms with E-state index in [9.17, 15) is 13.2 Å². The van der Waals surface area contributed by atoms with Crippen LogP contribution in [0.5, 0.6) is 0 Å². The number of benzene rings is 1. The fraction of sp³-hybridized carbons (Fsp3) is 0.286. The first-order valence-corrected chi connectivity index (χ1v) is 6.79. The van der Waals surface area contributed by atoms with Crippen LogP contribution >= 0.6 is 11.3 Å². The van der Waals surface area contributed by atoms with Crippen molar-refractivity contribution in [2.24, 2.45) is 0 Å². The third-order valence-corrected chi connectivity index (χ3v) is 3.61. The molecule has 0 saturated carbocycles. The number of nitrogens with one attached hydrogen (secondary N) is 1. The van der Waals surface area contributed by atoms with Crippen LogP contribution < -0.4 is 5.32 Å². The van der Waals surface area contributed by atoms with E-state index >= 15 is 0 Å². The first-order chi connectivity index (χ1) is 8.95. The number of thiophene rings is 1. The van der Waals surface area contributed by atoms with Crippen molar-refractivity contribution in [1.29, 1.82) is 0 Å². The van der Waals surface area contributed by atoms with Crippen molar-refractivity contribution in [1.82, 2.24) is 0 Å². The highest BCUT2D eigenvalue weighted by molar-refractivity contribution is 7.09. The van der Waals surface area contributed by atoms with Crippen molar-refractivity contribution in [3.8, 4) is 0 Å². The lowest BCUT2D eigenvalue weighted by molar-refractivity contribution is -0.137. The molecule has 0 aliphatic carbocycles. The zero-order valence-electron chi connectivity index (χ0n) is 10.4. The molecule has 0 saturated heterocycles. The number of anilines is 1. The summed E-state index contributed by atoms with van der Waals surface area (Å²) in [5, 5.41) is 5.21. The minimum atomic E-state index is -4.28. The number of hydrogen-bond donors (Lipinski definition) is 1. The van der Waals surface area contributed by atoms with Gasteiger partial charge in [0, 0.05) is 23.0 Å². The summed E-state index contributed by atoms with van der Waals surface area (Å²) in [5.74, 6) is 0. The number of halogens is 3. The molecule has 0 spiro atoms. The largest absolute Gasteiger partial charge is 0.416 e. The van der Waals surface area contributed by atoms with Crippen LogP contribution in [-0.2, 0) is 12.6 Å². The Balaban J connectivity index is 1.96. The lowest BCUT2D eigenvalue weighted by Gasteiger charge is -2.15. The highest BCUT2D eigenvalue weighted by atomic mass is 32.1.